The van der Waals surface area contributed by atoms with Crippen LogP contribution in [0.25, 0.3) is 0 Å². The van der Waals surface area contributed by atoms with E-state index in [1.165, 1.54) is 31.5 Å². The van der Waals surface area contributed by atoms with Crippen LogP contribution in [-0.4, -0.2) is 28.0 Å². The van der Waals surface area contributed by atoms with Gasteiger partial charge < -0.3 is 0 Å². The third-order valence-electron chi connectivity index (χ3n) is 2.84. The summed E-state index contributed by atoms with van der Waals surface area (Å²) >= 11 is 3.43. The van der Waals surface area contributed by atoms with Crippen LogP contribution in [-0.2, 0) is 11.9 Å². The van der Waals surface area contributed by atoms with E-state index in [0.717, 1.165) is 23.4 Å². The molecule has 0 aromatic carbocycles. The molecule has 3 nitrogen and oxygen atoms in total. The number of halogens is 1. The number of alkyl halides is 1. The van der Waals surface area contributed by atoms with Gasteiger partial charge in [0.25, 0.3) is 0 Å². The SMILES string of the molecule is Cc1nc(CN2CCCC2)ncc1CBr. The maximum Gasteiger partial charge on any atom is 0.142 e. The molecule has 1 aromatic rings. The van der Waals surface area contributed by atoms with Gasteiger partial charge in [0.15, 0.2) is 0 Å². The zero-order valence-corrected chi connectivity index (χ0v) is 10.6. The first-order valence-corrected chi connectivity index (χ1v) is 6.51. The quantitative estimate of drug-likeness (QED) is 0.789. The molecule has 0 unspecified atom stereocenters. The maximum atomic E-state index is 4.52. The lowest BCUT2D eigenvalue weighted by Crippen LogP contribution is -2.20. The molecule has 0 spiro atoms. The van der Waals surface area contributed by atoms with Crippen molar-refractivity contribution in [2.75, 3.05) is 13.1 Å². The summed E-state index contributed by atoms with van der Waals surface area (Å²) in [6, 6.07) is 0. The summed E-state index contributed by atoms with van der Waals surface area (Å²) in [4.78, 5) is 11.3. The van der Waals surface area contributed by atoms with E-state index in [4.69, 9.17) is 0 Å². The Bertz CT molecular complexity index is 335. The van der Waals surface area contributed by atoms with Crippen LogP contribution in [0.1, 0.15) is 29.9 Å². The second-order valence-electron chi connectivity index (χ2n) is 4.01. The monoisotopic (exact) mass is 269 g/mol. The Labute approximate surface area is 99.0 Å². The zero-order valence-electron chi connectivity index (χ0n) is 9.04. The number of likely N-dealkylation sites (tertiary alicyclic amines) is 1. The maximum absolute atomic E-state index is 4.52. The molecule has 0 bridgehead atoms. The van der Waals surface area contributed by atoms with Crippen molar-refractivity contribution in [3.63, 3.8) is 0 Å². The van der Waals surface area contributed by atoms with Gasteiger partial charge in [0.1, 0.15) is 5.82 Å². The molecule has 0 radical (unpaired) electrons. The number of hydrogen-bond acceptors (Lipinski definition) is 3. The molecule has 1 aromatic heterocycles. The van der Waals surface area contributed by atoms with Gasteiger partial charge in [0.2, 0.25) is 0 Å². The van der Waals surface area contributed by atoms with E-state index in [-0.39, 0.29) is 0 Å². The first-order chi connectivity index (χ1) is 7.29. The van der Waals surface area contributed by atoms with Gasteiger partial charge in [0.05, 0.1) is 6.54 Å². The van der Waals surface area contributed by atoms with E-state index in [1.54, 1.807) is 0 Å². The number of nitrogens with zero attached hydrogens (tertiary/aromatic N) is 3. The molecule has 1 saturated heterocycles. The summed E-state index contributed by atoms with van der Waals surface area (Å²) in [5, 5.41) is 0.836. The highest BCUT2D eigenvalue weighted by atomic mass is 79.9. The lowest BCUT2D eigenvalue weighted by atomic mass is 10.3. The highest BCUT2D eigenvalue weighted by Crippen LogP contribution is 2.12. The van der Waals surface area contributed by atoms with Crippen LogP contribution in [0, 0.1) is 6.92 Å². The van der Waals surface area contributed by atoms with E-state index in [2.05, 4.69) is 30.8 Å². The Hall–Kier alpha value is -0.480. The molecule has 1 aliphatic rings. The van der Waals surface area contributed by atoms with E-state index >= 15 is 0 Å². The average molecular weight is 270 g/mol. The van der Waals surface area contributed by atoms with Crippen LogP contribution in [0.5, 0.6) is 0 Å². The van der Waals surface area contributed by atoms with Gasteiger partial charge in [-0.3, -0.25) is 4.90 Å². The second-order valence-corrected chi connectivity index (χ2v) is 4.57. The van der Waals surface area contributed by atoms with Crippen LogP contribution in [0.15, 0.2) is 6.20 Å². The van der Waals surface area contributed by atoms with Crippen molar-refractivity contribution in [2.24, 2.45) is 0 Å². The Morgan fingerprint density at radius 1 is 1.40 bits per heavy atom. The molecule has 0 N–H and O–H groups in total. The van der Waals surface area contributed by atoms with Gasteiger partial charge in [-0.2, -0.15) is 0 Å². The molecular formula is C11H16BrN3. The summed E-state index contributed by atoms with van der Waals surface area (Å²) in [6.07, 6.45) is 4.57. The minimum atomic E-state index is 0.836. The van der Waals surface area contributed by atoms with Crippen LogP contribution in [0.3, 0.4) is 0 Å². The fraction of sp³-hybridized carbons (Fsp3) is 0.636. The minimum absolute atomic E-state index is 0.836. The molecule has 0 saturated carbocycles. The summed E-state index contributed by atoms with van der Waals surface area (Å²) in [5.74, 6) is 0.958. The molecule has 1 fully saturated rings. The molecule has 82 valence electrons. The normalized spacial score (nSPS) is 17.2. The fourth-order valence-corrected chi connectivity index (χ4v) is 2.44. The molecule has 1 aliphatic heterocycles. The molecular weight excluding hydrogens is 254 g/mol. The van der Waals surface area contributed by atoms with Gasteiger partial charge in [-0.15, -0.1) is 0 Å². The molecule has 4 heteroatoms. The van der Waals surface area contributed by atoms with Crippen molar-refractivity contribution in [1.29, 1.82) is 0 Å². The van der Waals surface area contributed by atoms with Crippen molar-refractivity contribution in [3.8, 4) is 0 Å². The largest absolute Gasteiger partial charge is 0.296 e. The smallest absolute Gasteiger partial charge is 0.142 e. The first-order valence-electron chi connectivity index (χ1n) is 5.39. The second kappa shape index (κ2) is 5.03. The highest BCUT2D eigenvalue weighted by molar-refractivity contribution is 9.08. The highest BCUT2D eigenvalue weighted by Gasteiger charge is 2.13. The van der Waals surface area contributed by atoms with Gasteiger partial charge in [0, 0.05) is 22.8 Å². The van der Waals surface area contributed by atoms with Crippen molar-refractivity contribution in [2.45, 2.75) is 31.6 Å². The number of aryl methyl sites for hydroxylation is 1. The predicted molar refractivity (Wildman–Crippen MR) is 63.9 cm³/mol. The minimum Gasteiger partial charge on any atom is -0.296 e. The van der Waals surface area contributed by atoms with Gasteiger partial charge in [-0.05, 0) is 32.9 Å². The topological polar surface area (TPSA) is 29.0 Å². The van der Waals surface area contributed by atoms with Crippen molar-refractivity contribution < 1.29 is 0 Å². The van der Waals surface area contributed by atoms with Crippen LogP contribution in [0.4, 0.5) is 0 Å². The average Bonchev–Trinajstić information content (AvgIpc) is 2.71. The fourth-order valence-electron chi connectivity index (χ4n) is 1.89. The predicted octanol–water partition coefficient (Wildman–Crippen LogP) is 2.28. The van der Waals surface area contributed by atoms with Gasteiger partial charge >= 0.3 is 0 Å². The molecule has 0 amide bonds. The molecule has 0 aliphatic carbocycles. The lowest BCUT2D eigenvalue weighted by molar-refractivity contribution is 0.322. The van der Waals surface area contributed by atoms with Crippen LogP contribution >= 0.6 is 15.9 Å². The van der Waals surface area contributed by atoms with Gasteiger partial charge in [-0.25, -0.2) is 9.97 Å². The number of hydrogen-bond donors (Lipinski definition) is 0. The third kappa shape index (κ3) is 2.75. The van der Waals surface area contributed by atoms with E-state index in [0.29, 0.717) is 0 Å². The Balaban J connectivity index is 2.05. The van der Waals surface area contributed by atoms with E-state index in [1.807, 2.05) is 13.1 Å². The van der Waals surface area contributed by atoms with Gasteiger partial charge in [-0.1, -0.05) is 15.9 Å². The van der Waals surface area contributed by atoms with Crippen molar-refractivity contribution >= 4 is 15.9 Å². The Morgan fingerprint density at radius 2 is 2.13 bits per heavy atom. The Kier molecular flexibility index (Phi) is 3.70. The van der Waals surface area contributed by atoms with E-state index in [9.17, 15) is 0 Å². The molecule has 2 heterocycles. The number of aromatic nitrogens is 2. The summed E-state index contributed by atoms with van der Waals surface area (Å²) in [7, 11) is 0. The van der Waals surface area contributed by atoms with Crippen molar-refractivity contribution in [3.05, 3.63) is 23.3 Å². The first kappa shape index (κ1) is 11.0. The molecule has 2 rings (SSSR count). The van der Waals surface area contributed by atoms with Crippen LogP contribution in [0.2, 0.25) is 0 Å². The lowest BCUT2D eigenvalue weighted by Gasteiger charge is -2.13. The molecule has 15 heavy (non-hydrogen) atoms. The van der Waals surface area contributed by atoms with E-state index < -0.39 is 0 Å². The van der Waals surface area contributed by atoms with Crippen LogP contribution < -0.4 is 0 Å². The standard InChI is InChI=1S/C11H16BrN3/c1-9-10(6-12)7-13-11(14-9)8-15-4-2-3-5-15/h7H,2-6,8H2,1H3. The Morgan fingerprint density at radius 3 is 2.73 bits per heavy atom. The summed E-state index contributed by atoms with van der Waals surface area (Å²) in [5.41, 5.74) is 2.27. The molecule has 0 atom stereocenters. The third-order valence-corrected chi connectivity index (χ3v) is 3.44. The summed E-state index contributed by atoms with van der Waals surface area (Å²) in [6.45, 7) is 5.35. The van der Waals surface area contributed by atoms with Crippen molar-refractivity contribution in [1.82, 2.24) is 14.9 Å². The summed E-state index contributed by atoms with van der Waals surface area (Å²) < 4.78 is 0. The number of rotatable bonds is 3. The zero-order chi connectivity index (χ0) is 10.7.